The molecule has 2 N–H and O–H groups in total. The molecule has 7 heteroatoms. The average molecular weight is 295 g/mol. The highest BCUT2D eigenvalue weighted by molar-refractivity contribution is 6.08. The first-order chi connectivity index (χ1) is 9.79. The Morgan fingerprint density at radius 1 is 1.38 bits per heavy atom. The smallest absolute Gasteiger partial charge is 0.325 e. The maximum Gasteiger partial charge on any atom is 0.325 e. The van der Waals surface area contributed by atoms with Crippen LogP contribution < -0.4 is 5.32 Å². The van der Waals surface area contributed by atoms with Gasteiger partial charge in [-0.3, -0.25) is 14.5 Å². The van der Waals surface area contributed by atoms with E-state index in [1.807, 2.05) is 6.92 Å². The lowest BCUT2D eigenvalue weighted by molar-refractivity contribution is -0.160. The van der Waals surface area contributed by atoms with E-state index in [0.717, 1.165) is 17.7 Å². The van der Waals surface area contributed by atoms with Gasteiger partial charge in [-0.1, -0.05) is 6.92 Å². The second-order valence-electron chi connectivity index (χ2n) is 6.63. The van der Waals surface area contributed by atoms with Gasteiger partial charge >= 0.3 is 6.03 Å². The third-order valence-corrected chi connectivity index (χ3v) is 4.96. The topological polar surface area (TPSA) is 90.0 Å². The van der Waals surface area contributed by atoms with Gasteiger partial charge in [0.15, 0.2) is 0 Å². The Balaban J connectivity index is 1.58. The van der Waals surface area contributed by atoms with E-state index in [2.05, 4.69) is 5.32 Å². The van der Waals surface area contributed by atoms with Gasteiger partial charge in [-0.2, -0.15) is 0 Å². The highest BCUT2D eigenvalue weighted by Crippen LogP contribution is 2.44. The van der Waals surface area contributed by atoms with Crippen LogP contribution in [0.1, 0.15) is 33.1 Å². The highest BCUT2D eigenvalue weighted by Gasteiger charge is 2.54. The van der Waals surface area contributed by atoms with E-state index in [1.165, 1.54) is 4.90 Å². The number of rotatable bonds is 4. The van der Waals surface area contributed by atoms with Crippen LogP contribution in [0.25, 0.3) is 0 Å². The maximum absolute atomic E-state index is 12.2. The quantitative estimate of drug-likeness (QED) is 0.696. The van der Waals surface area contributed by atoms with E-state index in [0.29, 0.717) is 25.4 Å². The molecule has 0 bridgehead atoms. The van der Waals surface area contributed by atoms with Crippen LogP contribution in [0.15, 0.2) is 0 Å². The molecule has 2 aliphatic heterocycles. The summed E-state index contributed by atoms with van der Waals surface area (Å²) in [5.41, 5.74) is -1.66. The zero-order valence-electron chi connectivity index (χ0n) is 12.4. The molecule has 2 saturated heterocycles. The first kappa shape index (κ1) is 14.3. The van der Waals surface area contributed by atoms with Crippen molar-refractivity contribution >= 4 is 17.8 Å². The number of hydrogen-bond donors (Lipinski definition) is 2. The summed E-state index contributed by atoms with van der Waals surface area (Å²) >= 11 is 0. The van der Waals surface area contributed by atoms with Crippen molar-refractivity contribution in [2.45, 2.75) is 44.2 Å². The van der Waals surface area contributed by atoms with Crippen LogP contribution in [-0.4, -0.2) is 63.5 Å². The van der Waals surface area contributed by atoms with Gasteiger partial charge in [0.25, 0.3) is 5.91 Å². The minimum Gasteiger partial charge on any atom is -0.386 e. The molecular weight excluding hydrogens is 274 g/mol. The minimum atomic E-state index is -0.916. The lowest BCUT2D eigenvalue weighted by atomic mass is 9.88. The van der Waals surface area contributed by atoms with E-state index < -0.39 is 17.2 Å². The van der Waals surface area contributed by atoms with Crippen molar-refractivity contribution in [3.8, 4) is 0 Å². The van der Waals surface area contributed by atoms with Crippen molar-refractivity contribution in [3.63, 3.8) is 0 Å². The molecule has 2 heterocycles. The summed E-state index contributed by atoms with van der Waals surface area (Å²) in [5.74, 6) is -0.341. The third-order valence-electron chi connectivity index (χ3n) is 4.96. The van der Waals surface area contributed by atoms with E-state index >= 15 is 0 Å². The zero-order valence-corrected chi connectivity index (χ0v) is 12.4. The summed E-state index contributed by atoms with van der Waals surface area (Å²) in [5, 5.41) is 12.8. The molecule has 1 unspecified atom stereocenters. The van der Waals surface area contributed by atoms with Crippen molar-refractivity contribution in [2.24, 2.45) is 5.92 Å². The van der Waals surface area contributed by atoms with Crippen LogP contribution in [0.5, 0.6) is 0 Å². The molecule has 116 valence electrons. The van der Waals surface area contributed by atoms with Crippen LogP contribution in [0.2, 0.25) is 0 Å². The number of amides is 4. The minimum absolute atomic E-state index is 0.249. The van der Waals surface area contributed by atoms with Crippen molar-refractivity contribution in [2.75, 3.05) is 19.6 Å². The van der Waals surface area contributed by atoms with Crippen LogP contribution in [0.4, 0.5) is 4.79 Å². The first-order valence-electron chi connectivity index (χ1n) is 7.43. The SMILES string of the molecule is CCC1(C)NC(=O)N(CC(=O)N2CC(O)(C3CC3)C2)C1=O. The van der Waals surface area contributed by atoms with Gasteiger partial charge in [0, 0.05) is 0 Å². The highest BCUT2D eigenvalue weighted by atomic mass is 16.3. The predicted octanol–water partition coefficient (Wildman–Crippen LogP) is -0.310. The standard InChI is InChI=1S/C14H21N3O4/c1-3-13(2)11(19)17(12(20)15-13)6-10(18)16-7-14(21,8-16)9-4-5-9/h9,21H,3-8H2,1-2H3,(H,15,20). The number of hydrogen-bond acceptors (Lipinski definition) is 4. The maximum atomic E-state index is 12.2. The van der Waals surface area contributed by atoms with E-state index in [9.17, 15) is 19.5 Å². The summed E-state index contributed by atoms with van der Waals surface area (Å²) in [7, 11) is 0. The van der Waals surface area contributed by atoms with E-state index in [1.54, 1.807) is 6.92 Å². The lowest BCUT2D eigenvalue weighted by Gasteiger charge is -2.47. The molecular formula is C14H21N3O4. The number of aliphatic hydroxyl groups is 1. The molecule has 7 nitrogen and oxygen atoms in total. The zero-order chi connectivity index (χ0) is 15.4. The van der Waals surface area contributed by atoms with Gasteiger partial charge in [-0.25, -0.2) is 4.79 Å². The Bertz CT molecular complexity index is 510. The number of β-amino-alcohol motifs (C(OH)–C–C–N with tert-alkyl or cyclic N) is 1. The van der Waals surface area contributed by atoms with Crippen LogP contribution in [-0.2, 0) is 9.59 Å². The third kappa shape index (κ3) is 2.19. The number of carbonyl (C=O) groups is 3. The molecule has 1 atom stereocenters. The molecule has 0 aromatic rings. The van der Waals surface area contributed by atoms with Gasteiger partial charge < -0.3 is 15.3 Å². The summed E-state index contributed by atoms with van der Waals surface area (Å²) in [6.45, 7) is 3.85. The fraction of sp³-hybridized carbons (Fsp3) is 0.786. The Morgan fingerprint density at radius 2 is 2.00 bits per heavy atom. The molecule has 1 saturated carbocycles. The van der Waals surface area contributed by atoms with Gasteiger partial charge in [0.2, 0.25) is 5.91 Å². The van der Waals surface area contributed by atoms with E-state index in [-0.39, 0.29) is 18.4 Å². The number of nitrogens with one attached hydrogen (secondary N) is 1. The van der Waals surface area contributed by atoms with Gasteiger partial charge in [-0.05, 0) is 32.1 Å². The molecule has 0 spiro atoms. The Kier molecular flexibility index (Phi) is 3.02. The Morgan fingerprint density at radius 3 is 2.48 bits per heavy atom. The number of urea groups is 1. The molecule has 21 heavy (non-hydrogen) atoms. The van der Waals surface area contributed by atoms with Crippen LogP contribution >= 0.6 is 0 Å². The fourth-order valence-electron chi connectivity index (χ4n) is 3.04. The molecule has 0 aromatic carbocycles. The summed E-state index contributed by atoms with van der Waals surface area (Å²) in [4.78, 5) is 38.7. The second kappa shape index (κ2) is 4.43. The molecule has 1 aliphatic carbocycles. The normalized spacial score (nSPS) is 31.2. The fourth-order valence-corrected chi connectivity index (χ4v) is 3.04. The summed E-state index contributed by atoms with van der Waals surface area (Å²) in [6.07, 6.45) is 2.51. The summed E-state index contributed by atoms with van der Waals surface area (Å²) in [6, 6.07) is -0.518. The molecule has 0 aromatic heterocycles. The van der Waals surface area contributed by atoms with Gasteiger partial charge in [0.1, 0.15) is 17.7 Å². The molecule has 4 amide bonds. The number of imide groups is 1. The number of likely N-dealkylation sites (tertiary alicyclic amines) is 1. The monoisotopic (exact) mass is 295 g/mol. The van der Waals surface area contributed by atoms with Crippen LogP contribution in [0, 0.1) is 5.92 Å². The van der Waals surface area contributed by atoms with Gasteiger partial charge in [0.05, 0.1) is 13.1 Å². The lowest BCUT2D eigenvalue weighted by Crippen LogP contribution is -2.66. The first-order valence-corrected chi connectivity index (χ1v) is 7.43. The average Bonchev–Trinajstić information content (AvgIpc) is 3.21. The molecule has 3 rings (SSSR count). The molecule has 3 fully saturated rings. The van der Waals surface area contributed by atoms with Crippen molar-refractivity contribution < 1.29 is 19.5 Å². The molecule has 0 radical (unpaired) electrons. The molecule has 3 aliphatic rings. The van der Waals surface area contributed by atoms with Crippen LogP contribution in [0.3, 0.4) is 0 Å². The van der Waals surface area contributed by atoms with E-state index in [4.69, 9.17) is 0 Å². The van der Waals surface area contributed by atoms with Crippen molar-refractivity contribution in [3.05, 3.63) is 0 Å². The number of carbonyl (C=O) groups excluding carboxylic acids is 3. The largest absolute Gasteiger partial charge is 0.386 e. The predicted molar refractivity (Wildman–Crippen MR) is 73.2 cm³/mol. The van der Waals surface area contributed by atoms with Crippen molar-refractivity contribution in [1.82, 2.24) is 15.1 Å². The van der Waals surface area contributed by atoms with Gasteiger partial charge in [-0.15, -0.1) is 0 Å². The Labute approximate surface area is 123 Å². The van der Waals surface area contributed by atoms with Crippen molar-refractivity contribution in [1.29, 1.82) is 0 Å². The second-order valence-corrected chi connectivity index (χ2v) is 6.63. The summed E-state index contributed by atoms with van der Waals surface area (Å²) < 4.78 is 0. The number of nitrogens with zero attached hydrogens (tertiary/aromatic N) is 2. The Hall–Kier alpha value is -1.63.